The molecule has 3 rings (SSSR count). The third-order valence-electron chi connectivity index (χ3n) is 3.42. The lowest BCUT2D eigenvalue weighted by Gasteiger charge is -2.24. The summed E-state index contributed by atoms with van der Waals surface area (Å²) >= 11 is 0. The fraction of sp³-hybridized carbons (Fsp3) is 0.176. The number of rotatable bonds is 3. The summed E-state index contributed by atoms with van der Waals surface area (Å²) in [7, 11) is 0. The molecule has 0 N–H and O–H groups in total. The first kappa shape index (κ1) is 11.2. The van der Waals surface area contributed by atoms with E-state index in [0.717, 1.165) is 13.1 Å². The van der Waals surface area contributed by atoms with Gasteiger partial charge < -0.3 is 0 Å². The van der Waals surface area contributed by atoms with Gasteiger partial charge in [-0.05, 0) is 11.1 Å². The lowest BCUT2D eigenvalue weighted by Crippen LogP contribution is -2.23. The molecule has 1 nitrogen and oxygen atoms in total. The Labute approximate surface area is 108 Å². The third-order valence-corrected chi connectivity index (χ3v) is 3.42. The highest BCUT2D eigenvalue weighted by Gasteiger charge is 2.20. The zero-order chi connectivity index (χ0) is 12.2. The highest BCUT2D eigenvalue weighted by Crippen LogP contribution is 2.27. The molecule has 0 aliphatic carbocycles. The van der Waals surface area contributed by atoms with Gasteiger partial charge in [0.25, 0.3) is 0 Å². The maximum Gasteiger partial charge on any atom is 0.0538 e. The summed E-state index contributed by atoms with van der Waals surface area (Å²) in [6.45, 7) is 2.04. The van der Waals surface area contributed by atoms with Crippen LogP contribution in [0.5, 0.6) is 0 Å². The lowest BCUT2D eigenvalue weighted by molar-refractivity contribution is 0.267. The number of benzene rings is 2. The van der Waals surface area contributed by atoms with Crippen LogP contribution in [-0.2, 0) is 6.54 Å². The van der Waals surface area contributed by atoms with Crippen LogP contribution in [0.3, 0.4) is 0 Å². The molecule has 1 heteroatoms. The van der Waals surface area contributed by atoms with Crippen molar-refractivity contribution in [1.29, 1.82) is 0 Å². The Morgan fingerprint density at radius 1 is 0.889 bits per heavy atom. The average molecular weight is 235 g/mol. The van der Waals surface area contributed by atoms with E-state index in [4.69, 9.17) is 0 Å². The molecule has 0 bridgehead atoms. The van der Waals surface area contributed by atoms with Crippen molar-refractivity contribution in [3.8, 4) is 0 Å². The predicted octanol–water partition coefficient (Wildman–Crippen LogP) is 3.80. The minimum atomic E-state index is 0.423. The Balaban J connectivity index is 1.77. The van der Waals surface area contributed by atoms with E-state index in [-0.39, 0.29) is 0 Å². The molecule has 2 aromatic rings. The summed E-state index contributed by atoms with van der Waals surface area (Å²) in [6, 6.07) is 21.8. The van der Waals surface area contributed by atoms with Gasteiger partial charge in [-0.2, -0.15) is 0 Å². The lowest BCUT2D eigenvalue weighted by atomic mass is 10.1. The highest BCUT2D eigenvalue weighted by atomic mass is 15.2. The summed E-state index contributed by atoms with van der Waals surface area (Å²) in [5, 5.41) is 0. The molecule has 0 aromatic heterocycles. The van der Waals surface area contributed by atoms with Gasteiger partial charge in [0, 0.05) is 13.1 Å². The maximum absolute atomic E-state index is 2.49. The Morgan fingerprint density at radius 3 is 2.28 bits per heavy atom. The average Bonchev–Trinajstić information content (AvgIpc) is 2.89. The molecular weight excluding hydrogens is 218 g/mol. The number of nitrogens with zero attached hydrogens (tertiary/aromatic N) is 1. The molecule has 1 atom stereocenters. The largest absolute Gasteiger partial charge is 0.285 e. The van der Waals surface area contributed by atoms with Crippen molar-refractivity contribution in [3.63, 3.8) is 0 Å². The molecule has 18 heavy (non-hydrogen) atoms. The first-order valence-corrected chi connectivity index (χ1v) is 6.43. The normalized spacial score (nSPS) is 19.2. The molecule has 0 saturated carbocycles. The standard InChI is InChI=1S/C17H17N/c1-3-8-15(9-4-1)14-18-13-7-12-17(18)16-10-5-2-6-11-16/h1-12,17H,13-14H2. The summed E-state index contributed by atoms with van der Waals surface area (Å²) in [5.74, 6) is 0. The van der Waals surface area contributed by atoms with Crippen LogP contribution in [0.25, 0.3) is 0 Å². The minimum Gasteiger partial charge on any atom is -0.285 e. The van der Waals surface area contributed by atoms with Crippen molar-refractivity contribution in [2.45, 2.75) is 12.6 Å². The SMILES string of the molecule is C1=CC(c2ccccc2)N(Cc2ccccc2)C1. The van der Waals surface area contributed by atoms with Gasteiger partial charge in [0.2, 0.25) is 0 Å². The van der Waals surface area contributed by atoms with Crippen molar-refractivity contribution in [3.05, 3.63) is 83.9 Å². The van der Waals surface area contributed by atoms with Crippen molar-refractivity contribution >= 4 is 0 Å². The fourth-order valence-electron chi connectivity index (χ4n) is 2.51. The van der Waals surface area contributed by atoms with Crippen LogP contribution < -0.4 is 0 Å². The van der Waals surface area contributed by atoms with Gasteiger partial charge >= 0.3 is 0 Å². The predicted molar refractivity (Wildman–Crippen MR) is 75.2 cm³/mol. The van der Waals surface area contributed by atoms with Crippen LogP contribution in [0.1, 0.15) is 17.2 Å². The van der Waals surface area contributed by atoms with E-state index in [9.17, 15) is 0 Å². The van der Waals surface area contributed by atoms with E-state index < -0.39 is 0 Å². The van der Waals surface area contributed by atoms with Gasteiger partial charge in [-0.15, -0.1) is 0 Å². The topological polar surface area (TPSA) is 3.24 Å². The molecular formula is C17H17N. The van der Waals surface area contributed by atoms with E-state index in [0.29, 0.717) is 6.04 Å². The zero-order valence-corrected chi connectivity index (χ0v) is 10.4. The smallest absolute Gasteiger partial charge is 0.0538 e. The Kier molecular flexibility index (Phi) is 3.24. The summed E-state index contributed by atoms with van der Waals surface area (Å²) < 4.78 is 0. The summed E-state index contributed by atoms with van der Waals surface area (Å²) in [6.07, 6.45) is 4.57. The molecule has 1 aliphatic rings. The molecule has 0 radical (unpaired) electrons. The van der Waals surface area contributed by atoms with E-state index in [1.807, 2.05) is 0 Å². The molecule has 2 aromatic carbocycles. The molecule has 1 unspecified atom stereocenters. The van der Waals surface area contributed by atoms with E-state index >= 15 is 0 Å². The van der Waals surface area contributed by atoms with Gasteiger partial charge in [-0.3, -0.25) is 4.90 Å². The van der Waals surface area contributed by atoms with Crippen molar-refractivity contribution < 1.29 is 0 Å². The van der Waals surface area contributed by atoms with Crippen LogP contribution in [0.15, 0.2) is 72.8 Å². The van der Waals surface area contributed by atoms with Crippen molar-refractivity contribution in [2.75, 3.05) is 6.54 Å². The summed E-state index contributed by atoms with van der Waals surface area (Å²) in [4.78, 5) is 2.49. The molecule has 0 fully saturated rings. The first-order chi connectivity index (χ1) is 8.93. The molecule has 0 spiro atoms. The first-order valence-electron chi connectivity index (χ1n) is 6.43. The molecule has 1 heterocycles. The second-order valence-electron chi connectivity index (χ2n) is 4.70. The summed E-state index contributed by atoms with van der Waals surface area (Å²) in [5.41, 5.74) is 2.75. The fourth-order valence-corrected chi connectivity index (χ4v) is 2.51. The highest BCUT2D eigenvalue weighted by molar-refractivity contribution is 5.26. The van der Waals surface area contributed by atoms with Crippen LogP contribution >= 0.6 is 0 Å². The molecule has 1 aliphatic heterocycles. The second-order valence-corrected chi connectivity index (χ2v) is 4.70. The van der Waals surface area contributed by atoms with Crippen LogP contribution in [0.4, 0.5) is 0 Å². The quantitative estimate of drug-likeness (QED) is 0.731. The van der Waals surface area contributed by atoms with Gasteiger partial charge in [0.05, 0.1) is 6.04 Å². The van der Waals surface area contributed by atoms with Gasteiger partial charge in [-0.1, -0.05) is 72.8 Å². The van der Waals surface area contributed by atoms with Crippen LogP contribution in [0.2, 0.25) is 0 Å². The van der Waals surface area contributed by atoms with Gasteiger partial charge in [0.1, 0.15) is 0 Å². The third kappa shape index (κ3) is 2.36. The van der Waals surface area contributed by atoms with Crippen molar-refractivity contribution in [1.82, 2.24) is 4.90 Å². The number of hydrogen-bond acceptors (Lipinski definition) is 1. The molecule has 0 saturated heterocycles. The monoisotopic (exact) mass is 235 g/mol. The molecule has 90 valence electrons. The Morgan fingerprint density at radius 2 is 1.56 bits per heavy atom. The molecule has 0 amide bonds. The van der Waals surface area contributed by atoms with Gasteiger partial charge in [-0.25, -0.2) is 0 Å². The van der Waals surface area contributed by atoms with E-state index in [1.54, 1.807) is 0 Å². The van der Waals surface area contributed by atoms with E-state index in [2.05, 4.69) is 77.7 Å². The van der Waals surface area contributed by atoms with Crippen LogP contribution in [0, 0.1) is 0 Å². The second kappa shape index (κ2) is 5.19. The maximum atomic E-state index is 2.49. The minimum absolute atomic E-state index is 0.423. The van der Waals surface area contributed by atoms with Gasteiger partial charge in [0.15, 0.2) is 0 Å². The van der Waals surface area contributed by atoms with E-state index in [1.165, 1.54) is 11.1 Å². The Bertz CT molecular complexity index is 516. The van der Waals surface area contributed by atoms with Crippen molar-refractivity contribution in [2.24, 2.45) is 0 Å². The zero-order valence-electron chi connectivity index (χ0n) is 10.4. The van der Waals surface area contributed by atoms with Crippen LogP contribution in [-0.4, -0.2) is 11.4 Å². The number of hydrogen-bond donors (Lipinski definition) is 0. The Hall–Kier alpha value is -1.86.